The third-order valence-corrected chi connectivity index (χ3v) is 4.28. The Balaban J connectivity index is 3.61. The molecule has 0 aromatic rings. The van der Waals surface area contributed by atoms with Crippen molar-refractivity contribution in [3.63, 3.8) is 0 Å². The fraction of sp³-hybridized carbons (Fsp3) is 1.00. The number of unbranched alkanes of at least 4 members (excludes halogenated alkanes) is 6. The van der Waals surface area contributed by atoms with Crippen molar-refractivity contribution in [1.29, 1.82) is 0 Å². The second-order valence-electron chi connectivity index (χ2n) is 5.72. The predicted molar refractivity (Wildman–Crippen MR) is 83.0 cm³/mol. The Morgan fingerprint density at radius 3 is 2.00 bits per heavy atom. The summed E-state index contributed by atoms with van der Waals surface area (Å²) in [6, 6.07) is 1.23. The molecular weight excluding hydrogens is 220 g/mol. The smallest absolute Gasteiger partial charge is 0.0218 e. The van der Waals surface area contributed by atoms with Gasteiger partial charge in [0.1, 0.15) is 0 Å². The van der Waals surface area contributed by atoms with Crippen molar-refractivity contribution in [3.8, 4) is 0 Å². The summed E-state index contributed by atoms with van der Waals surface area (Å²) >= 11 is 0. The highest BCUT2D eigenvalue weighted by molar-refractivity contribution is 4.73. The SMILES string of the molecule is CCCCCCCCCC(CN)N(C)C(C)CC. The number of rotatable bonds is 12. The number of hydrogen-bond donors (Lipinski definition) is 1. The molecule has 2 atom stereocenters. The van der Waals surface area contributed by atoms with E-state index in [0.717, 1.165) is 6.54 Å². The van der Waals surface area contributed by atoms with Crippen LogP contribution in [0.2, 0.25) is 0 Å². The van der Waals surface area contributed by atoms with Crippen LogP contribution < -0.4 is 5.73 Å². The van der Waals surface area contributed by atoms with Crippen molar-refractivity contribution in [2.45, 2.75) is 90.6 Å². The van der Waals surface area contributed by atoms with Crippen molar-refractivity contribution in [3.05, 3.63) is 0 Å². The van der Waals surface area contributed by atoms with E-state index >= 15 is 0 Å². The van der Waals surface area contributed by atoms with E-state index in [4.69, 9.17) is 5.73 Å². The summed E-state index contributed by atoms with van der Waals surface area (Å²) in [7, 11) is 2.23. The Morgan fingerprint density at radius 2 is 1.50 bits per heavy atom. The minimum absolute atomic E-state index is 0.579. The quantitative estimate of drug-likeness (QED) is 0.531. The third-order valence-electron chi connectivity index (χ3n) is 4.28. The van der Waals surface area contributed by atoms with E-state index < -0.39 is 0 Å². The lowest BCUT2D eigenvalue weighted by Gasteiger charge is -2.32. The molecule has 0 heterocycles. The van der Waals surface area contributed by atoms with E-state index in [2.05, 4.69) is 32.7 Å². The standard InChI is InChI=1S/C16H36N2/c1-5-7-8-9-10-11-12-13-16(14-17)18(4)15(3)6-2/h15-16H,5-14,17H2,1-4H3. The molecule has 18 heavy (non-hydrogen) atoms. The van der Waals surface area contributed by atoms with E-state index in [0.29, 0.717) is 12.1 Å². The van der Waals surface area contributed by atoms with Gasteiger partial charge in [0.25, 0.3) is 0 Å². The molecule has 2 nitrogen and oxygen atoms in total. The zero-order valence-electron chi connectivity index (χ0n) is 13.3. The third kappa shape index (κ3) is 8.10. The summed E-state index contributed by atoms with van der Waals surface area (Å²) in [5.41, 5.74) is 5.90. The van der Waals surface area contributed by atoms with E-state index in [1.54, 1.807) is 0 Å². The average Bonchev–Trinajstić information content (AvgIpc) is 2.40. The highest BCUT2D eigenvalue weighted by Gasteiger charge is 2.16. The van der Waals surface area contributed by atoms with Crippen LogP contribution in [0.3, 0.4) is 0 Å². The van der Waals surface area contributed by atoms with Gasteiger partial charge in [0, 0.05) is 18.6 Å². The Morgan fingerprint density at radius 1 is 0.944 bits per heavy atom. The van der Waals surface area contributed by atoms with Gasteiger partial charge >= 0.3 is 0 Å². The van der Waals surface area contributed by atoms with Gasteiger partial charge in [-0.15, -0.1) is 0 Å². The first kappa shape index (κ1) is 17.9. The Labute approximate surface area is 115 Å². The maximum atomic E-state index is 5.90. The largest absolute Gasteiger partial charge is 0.329 e. The van der Waals surface area contributed by atoms with E-state index in [1.165, 1.54) is 57.8 Å². The Kier molecular flexibility index (Phi) is 11.9. The van der Waals surface area contributed by atoms with Crippen LogP contribution in [0.15, 0.2) is 0 Å². The summed E-state index contributed by atoms with van der Waals surface area (Å²) in [5.74, 6) is 0. The number of hydrogen-bond acceptors (Lipinski definition) is 2. The maximum absolute atomic E-state index is 5.90. The monoisotopic (exact) mass is 256 g/mol. The molecule has 0 aromatic carbocycles. The zero-order valence-corrected chi connectivity index (χ0v) is 13.3. The van der Waals surface area contributed by atoms with Crippen LogP contribution in [0.25, 0.3) is 0 Å². The topological polar surface area (TPSA) is 29.3 Å². The normalized spacial score (nSPS) is 15.0. The molecule has 0 amide bonds. The molecule has 0 fully saturated rings. The van der Waals surface area contributed by atoms with Crippen molar-refractivity contribution < 1.29 is 0 Å². The van der Waals surface area contributed by atoms with E-state index in [9.17, 15) is 0 Å². The van der Waals surface area contributed by atoms with Crippen LogP contribution in [0.4, 0.5) is 0 Å². The molecule has 0 radical (unpaired) electrons. The molecule has 0 aliphatic carbocycles. The first-order chi connectivity index (χ1) is 8.67. The van der Waals surface area contributed by atoms with Gasteiger partial charge in [-0.3, -0.25) is 4.90 Å². The second-order valence-corrected chi connectivity index (χ2v) is 5.72. The highest BCUT2D eigenvalue weighted by atomic mass is 15.2. The van der Waals surface area contributed by atoms with Crippen LogP contribution >= 0.6 is 0 Å². The first-order valence-corrected chi connectivity index (χ1v) is 8.09. The van der Waals surface area contributed by atoms with Crippen molar-refractivity contribution in [1.82, 2.24) is 4.90 Å². The van der Waals surface area contributed by atoms with Gasteiger partial charge in [0.2, 0.25) is 0 Å². The Hall–Kier alpha value is -0.0800. The number of likely N-dealkylation sites (N-methyl/N-ethyl adjacent to an activating group) is 1. The molecule has 0 aliphatic heterocycles. The van der Waals surface area contributed by atoms with E-state index in [-0.39, 0.29) is 0 Å². The molecule has 0 aromatic heterocycles. The molecule has 110 valence electrons. The molecule has 2 N–H and O–H groups in total. The number of nitrogens with two attached hydrogens (primary N) is 1. The molecule has 0 saturated heterocycles. The fourth-order valence-electron chi connectivity index (χ4n) is 2.47. The lowest BCUT2D eigenvalue weighted by Crippen LogP contribution is -2.42. The van der Waals surface area contributed by atoms with Crippen molar-refractivity contribution in [2.24, 2.45) is 5.73 Å². The minimum Gasteiger partial charge on any atom is -0.329 e. The van der Waals surface area contributed by atoms with Gasteiger partial charge in [-0.05, 0) is 26.8 Å². The average molecular weight is 256 g/mol. The molecule has 0 aliphatic rings. The molecule has 0 spiro atoms. The molecule has 2 unspecified atom stereocenters. The molecule has 0 rings (SSSR count). The summed E-state index contributed by atoms with van der Waals surface area (Å²) in [4.78, 5) is 2.47. The van der Waals surface area contributed by atoms with Crippen LogP contribution in [0.5, 0.6) is 0 Å². The van der Waals surface area contributed by atoms with Gasteiger partial charge in [0.15, 0.2) is 0 Å². The Bertz CT molecular complexity index is 170. The van der Waals surface area contributed by atoms with Crippen LogP contribution in [-0.4, -0.2) is 30.6 Å². The lowest BCUT2D eigenvalue weighted by atomic mass is 10.0. The highest BCUT2D eigenvalue weighted by Crippen LogP contribution is 2.14. The van der Waals surface area contributed by atoms with Crippen molar-refractivity contribution >= 4 is 0 Å². The maximum Gasteiger partial charge on any atom is 0.0218 e. The van der Waals surface area contributed by atoms with Gasteiger partial charge in [-0.2, -0.15) is 0 Å². The molecule has 0 bridgehead atoms. The first-order valence-electron chi connectivity index (χ1n) is 8.09. The number of nitrogens with zero attached hydrogens (tertiary/aromatic N) is 1. The van der Waals surface area contributed by atoms with Gasteiger partial charge in [0.05, 0.1) is 0 Å². The molecule has 0 saturated carbocycles. The molecule has 2 heteroatoms. The van der Waals surface area contributed by atoms with Crippen LogP contribution in [0, 0.1) is 0 Å². The lowest BCUT2D eigenvalue weighted by molar-refractivity contribution is 0.172. The zero-order chi connectivity index (χ0) is 13.8. The van der Waals surface area contributed by atoms with E-state index in [1.807, 2.05) is 0 Å². The fourth-order valence-corrected chi connectivity index (χ4v) is 2.47. The summed E-state index contributed by atoms with van der Waals surface area (Å²) < 4.78 is 0. The van der Waals surface area contributed by atoms with Gasteiger partial charge in [-0.1, -0.05) is 58.8 Å². The van der Waals surface area contributed by atoms with Crippen LogP contribution in [0.1, 0.15) is 78.6 Å². The summed E-state index contributed by atoms with van der Waals surface area (Å²) in [6.07, 6.45) is 12.2. The summed E-state index contributed by atoms with van der Waals surface area (Å²) in [6.45, 7) is 7.63. The minimum atomic E-state index is 0.579. The van der Waals surface area contributed by atoms with Gasteiger partial charge in [-0.25, -0.2) is 0 Å². The second kappa shape index (κ2) is 12.0. The van der Waals surface area contributed by atoms with Crippen LogP contribution in [-0.2, 0) is 0 Å². The van der Waals surface area contributed by atoms with Gasteiger partial charge < -0.3 is 5.73 Å². The molecular formula is C16H36N2. The predicted octanol–water partition coefficient (Wildman–Crippen LogP) is 4.18. The summed E-state index contributed by atoms with van der Waals surface area (Å²) in [5, 5.41) is 0. The van der Waals surface area contributed by atoms with Crippen molar-refractivity contribution in [2.75, 3.05) is 13.6 Å².